The molecule has 13 heavy (non-hydrogen) atoms. The highest BCUT2D eigenvalue weighted by Crippen LogP contribution is 2.20. The molecule has 2 aromatic rings. The average molecular weight is 174 g/mol. The van der Waals surface area contributed by atoms with Crippen molar-refractivity contribution in [2.24, 2.45) is 0 Å². The van der Waals surface area contributed by atoms with Crippen LogP contribution in [0.1, 0.15) is 5.56 Å². The summed E-state index contributed by atoms with van der Waals surface area (Å²) in [6.45, 7) is 0. The number of methoxy groups -OCH3 is 1. The van der Waals surface area contributed by atoms with Crippen molar-refractivity contribution in [1.82, 2.24) is 14.6 Å². The van der Waals surface area contributed by atoms with E-state index in [0.29, 0.717) is 16.8 Å². The summed E-state index contributed by atoms with van der Waals surface area (Å²) in [4.78, 5) is 3.90. The zero-order valence-corrected chi connectivity index (χ0v) is 6.93. The quantitative estimate of drug-likeness (QED) is 0.635. The second kappa shape index (κ2) is 2.75. The van der Waals surface area contributed by atoms with Crippen LogP contribution in [-0.4, -0.2) is 21.7 Å². The molecule has 0 fully saturated rings. The summed E-state index contributed by atoms with van der Waals surface area (Å²) in [6.07, 6.45) is 4.57. The molecule has 64 valence electrons. The van der Waals surface area contributed by atoms with Gasteiger partial charge in [0.15, 0.2) is 5.75 Å². The summed E-state index contributed by atoms with van der Waals surface area (Å²) in [5.41, 5.74) is 1.14. The minimum atomic E-state index is 0.485. The van der Waals surface area contributed by atoms with Crippen LogP contribution < -0.4 is 4.74 Å². The van der Waals surface area contributed by atoms with Crippen molar-refractivity contribution in [3.05, 3.63) is 24.3 Å². The van der Waals surface area contributed by atoms with Crippen molar-refractivity contribution in [2.45, 2.75) is 0 Å². The maximum absolute atomic E-state index is 8.77. The van der Waals surface area contributed by atoms with E-state index in [0.717, 1.165) is 0 Å². The number of rotatable bonds is 1. The van der Waals surface area contributed by atoms with Gasteiger partial charge in [-0.15, -0.1) is 0 Å². The molecular formula is C8H6N4O. The lowest BCUT2D eigenvalue weighted by molar-refractivity contribution is 0.415. The molecule has 0 saturated heterocycles. The Labute approximate surface area is 74.2 Å². The van der Waals surface area contributed by atoms with Gasteiger partial charge in [0.05, 0.1) is 19.5 Å². The molecule has 0 aliphatic heterocycles. The van der Waals surface area contributed by atoms with Crippen molar-refractivity contribution in [3.63, 3.8) is 0 Å². The molecule has 0 spiro atoms. The lowest BCUT2D eigenvalue weighted by Gasteiger charge is -2.00. The van der Waals surface area contributed by atoms with Crippen molar-refractivity contribution in [1.29, 1.82) is 5.26 Å². The zero-order chi connectivity index (χ0) is 9.26. The minimum Gasteiger partial charge on any atom is -0.493 e. The third kappa shape index (κ3) is 0.999. The third-order valence-corrected chi connectivity index (χ3v) is 1.74. The van der Waals surface area contributed by atoms with Gasteiger partial charge in [-0.25, -0.2) is 9.50 Å². The number of nitriles is 1. The molecule has 0 amide bonds. The molecule has 0 unspecified atom stereocenters. The molecule has 5 nitrogen and oxygen atoms in total. The van der Waals surface area contributed by atoms with Gasteiger partial charge in [-0.2, -0.15) is 10.4 Å². The molecule has 0 saturated carbocycles. The summed E-state index contributed by atoms with van der Waals surface area (Å²) in [6, 6.07) is 2.03. The van der Waals surface area contributed by atoms with Gasteiger partial charge >= 0.3 is 0 Å². The van der Waals surface area contributed by atoms with Crippen LogP contribution in [0.25, 0.3) is 5.52 Å². The molecule has 0 aliphatic carbocycles. The Morgan fingerprint density at radius 2 is 2.38 bits per heavy atom. The van der Waals surface area contributed by atoms with Gasteiger partial charge in [-0.05, 0) is 0 Å². The average Bonchev–Trinajstić information content (AvgIpc) is 2.60. The summed E-state index contributed by atoms with van der Waals surface area (Å²) in [5, 5.41) is 12.7. The lowest BCUT2D eigenvalue weighted by atomic mass is 10.3. The maximum Gasteiger partial charge on any atom is 0.164 e. The van der Waals surface area contributed by atoms with Crippen LogP contribution in [0.3, 0.4) is 0 Å². The molecule has 0 radical (unpaired) electrons. The minimum absolute atomic E-state index is 0.485. The van der Waals surface area contributed by atoms with E-state index in [2.05, 4.69) is 10.1 Å². The van der Waals surface area contributed by atoms with Crippen LogP contribution in [-0.2, 0) is 0 Å². The molecule has 2 rings (SSSR count). The first kappa shape index (κ1) is 7.55. The Balaban J connectivity index is 2.85. The van der Waals surface area contributed by atoms with Crippen LogP contribution in [0, 0.1) is 11.3 Å². The highest BCUT2D eigenvalue weighted by atomic mass is 16.5. The van der Waals surface area contributed by atoms with E-state index in [4.69, 9.17) is 10.00 Å². The van der Waals surface area contributed by atoms with E-state index in [1.807, 2.05) is 6.07 Å². The largest absolute Gasteiger partial charge is 0.493 e. The molecular weight excluding hydrogens is 168 g/mol. The first-order valence-electron chi connectivity index (χ1n) is 3.62. The highest BCUT2D eigenvalue weighted by molar-refractivity contribution is 5.67. The first-order valence-corrected chi connectivity index (χ1v) is 3.62. The van der Waals surface area contributed by atoms with Gasteiger partial charge in [0, 0.05) is 0 Å². The van der Waals surface area contributed by atoms with E-state index in [1.54, 1.807) is 6.20 Å². The van der Waals surface area contributed by atoms with Gasteiger partial charge in [0.2, 0.25) is 0 Å². The predicted molar refractivity (Wildman–Crippen MR) is 44.3 cm³/mol. The molecule has 0 bridgehead atoms. The smallest absolute Gasteiger partial charge is 0.164 e. The van der Waals surface area contributed by atoms with E-state index in [1.165, 1.54) is 24.1 Å². The Kier molecular flexibility index (Phi) is 1.60. The zero-order valence-electron chi connectivity index (χ0n) is 6.93. The molecule has 5 heteroatoms. The van der Waals surface area contributed by atoms with Crippen molar-refractivity contribution in [3.8, 4) is 11.8 Å². The van der Waals surface area contributed by atoms with E-state index in [9.17, 15) is 0 Å². The second-order valence-corrected chi connectivity index (χ2v) is 2.43. The summed E-state index contributed by atoms with van der Waals surface area (Å²) >= 11 is 0. The van der Waals surface area contributed by atoms with Gasteiger partial charge in [0.25, 0.3) is 0 Å². The number of ether oxygens (including phenoxy) is 1. The summed E-state index contributed by atoms with van der Waals surface area (Å²) < 4.78 is 6.57. The van der Waals surface area contributed by atoms with Crippen LogP contribution in [0.2, 0.25) is 0 Å². The van der Waals surface area contributed by atoms with E-state index < -0.39 is 0 Å². The molecule has 0 aromatic carbocycles. The predicted octanol–water partition coefficient (Wildman–Crippen LogP) is 0.610. The van der Waals surface area contributed by atoms with Crippen molar-refractivity contribution in [2.75, 3.05) is 7.11 Å². The monoisotopic (exact) mass is 174 g/mol. The number of fused-ring (bicyclic) bond motifs is 1. The molecule has 2 aromatic heterocycles. The number of hydrogen-bond donors (Lipinski definition) is 0. The number of nitrogens with zero attached hydrogens (tertiary/aromatic N) is 4. The molecule has 2 heterocycles. The van der Waals surface area contributed by atoms with Crippen LogP contribution >= 0.6 is 0 Å². The van der Waals surface area contributed by atoms with E-state index in [-0.39, 0.29) is 0 Å². The van der Waals surface area contributed by atoms with Gasteiger partial charge < -0.3 is 4.74 Å². The fourth-order valence-electron chi connectivity index (χ4n) is 1.15. The van der Waals surface area contributed by atoms with Gasteiger partial charge in [-0.1, -0.05) is 0 Å². The second-order valence-electron chi connectivity index (χ2n) is 2.43. The third-order valence-electron chi connectivity index (χ3n) is 1.74. The van der Waals surface area contributed by atoms with Gasteiger partial charge in [0.1, 0.15) is 23.5 Å². The SMILES string of the molecule is COc1cncn2ncc(C#N)c12. The van der Waals surface area contributed by atoms with Crippen LogP contribution in [0.4, 0.5) is 0 Å². The van der Waals surface area contributed by atoms with E-state index >= 15 is 0 Å². The standard InChI is InChI=1S/C8H6N4O/c1-13-7-4-10-5-12-8(7)6(2-9)3-11-12/h3-5H,1H3. The highest BCUT2D eigenvalue weighted by Gasteiger charge is 2.08. The summed E-state index contributed by atoms with van der Waals surface area (Å²) in [7, 11) is 1.53. The fourth-order valence-corrected chi connectivity index (χ4v) is 1.15. The Morgan fingerprint density at radius 1 is 1.54 bits per heavy atom. The molecule has 0 N–H and O–H groups in total. The Morgan fingerprint density at radius 3 is 3.08 bits per heavy atom. The Hall–Kier alpha value is -2.09. The lowest BCUT2D eigenvalue weighted by Crippen LogP contribution is -1.93. The topological polar surface area (TPSA) is 63.2 Å². The maximum atomic E-state index is 8.77. The number of hydrogen-bond acceptors (Lipinski definition) is 4. The van der Waals surface area contributed by atoms with Crippen molar-refractivity contribution < 1.29 is 4.74 Å². The van der Waals surface area contributed by atoms with Gasteiger partial charge in [-0.3, -0.25) is 0 Å². The first-order chi connectivity index (χ1) is 6.36. The summed E-state index contributed by atoms with van der Waals surface area (Å²) in [5.74, 6) is 0.552. The number of aromatic nitrogens is 3. The van der Waals surface area contributed by atoms with Crippen LogP contribution in [0.15, 0.2) is 18.7 Å². The molecule has 0 aliphatic rings. The molecule has 0 atom stereocenters. The van der Waals surface area contributed by atoms with Crippen molar-refractivity contribution >= 4 is 5.52 Å². The normalized spacial score (nSPS) is 9.85. The Bertz CT molecular complexity index is 482. The van der Waals surface area contributed by atoms with Crippen LogP contribution in [0.5, 0.6) is 5.75 Å². The fraction of sp³-hybridized carbons (Fsp3) is 0.125.